The van der Waals surface area contributed by atoms with Crippen molar-refractivity contribution in [2.24, 2.45) is 0 Å². The van der Waals surface area contributed by atoms with Crippen LogP contribution in [0.4, 0.5) is 13.2 Å². The van der Waals surface area contributed by atoms with E-state index in [1.807, 2.05) is 13.0 Å². The van der Waals surface area contributed by atoms with E-state index in [0.717, 1.165) is 5.56 Å². The number of benzene rings is 1. The number of ether oxygens (including phenoxy) is 2. The predicted molar refractivity (Wildman–Crippen MR) is 120 cm³/mol. The van der Waals surface area contributed by atoms with E-state index in [2.05, 4.69) is 4.98 Å². The average molecular weight is 465 g/mol. The molecule has 2 heterocycles. The maximum atomic E-state index is 15.0. The van der Waals surface area contributed by atoms with Crippen molar-refractivity contribution in [3.63, 3.8) is 0 Å². The summed E-state index contributed by atoms with van der Waals surface area (Å²) in [6, 6.07) is 6.58. The summed E-state index contributed by atoms with van der Waals surface area (Å²) in [7, 11) is 1.63. The quantitative estimate of drug-likeness (QED) is 0.472. The number of fused-ring (bicyclic) bond motifs is 1. The Balaban J connectivity index is 1.94. The number of alkyl halides is 2. The Morgan fingerprint density at radius 1 is 1.24 bits per heavy atom. The zero-order chi connectivity index (χ0) is 24.2. The van der Waals surface area contributed by atoms with Gasteiger partial charge in [-0.2, -0.15) is 0 Å². The van der Waals surface area contributed by atoms with Crippen LogP contribution in [0, 0.1) is 5.82 Å². The smallest absolute Gasteiger partial charge is 0.357 e. The molecule has 8 heteroatoms. The van der Waals surface area contributed by atoms with Gasteiger partial charge in [0, 0.05) is 24.1 Å². The third kappa shape index (κ3) is 6.05. The van der Waals surface area contributed by atoms with Gasteiger partial charge in [0.15, 0.2) is 5.69 Å². The minimum Gasteiger partial charge on any atom is -0.473 e. The van der Waals surface area contributed by atoms with Crippen LogP contribution in [0.25, 0.3) is 11.1 Å². The molecule has 0 fully saturated rings. The normalized spacial score (nSPS) is 15.8. The molecule has 0 spiro atoms. The van der Waals surface area contributed by atoms with Crippen molar-refractivity contribution < 1.29 is 27.4 Å². The Hall–Kier alpha value is -2.61. The number of halogens is 3. The minimum absolute atomic E-state index is 0.0242. The molecular formula is C25H31F3N2O3. The van der Waals surface area contributed by atoms with Crippen molar-refractivity contribution in [3.05, 3.63) is 46.9 Å². The number of aryl methyl sites for hydroxylation is 1. The van der Waals surface area contributed by atoms with Crippen LogP contribution in [0.15, 0.2) is 24.3 Å². The number of carbonyl (C=O) groups excluding carboxylic acids is 1. The average Bonchev–Trinajstić information content (AvgIpc) is 2.77. The molecule has 1 aliphatic heterocycles. The lowest BCUT2D eigenvalue weighted by Gasteiger charge is -2.31. The molecule has 0 saturated carbocycles. The number of hydrogen-bond acceptors (Lipinski definition) is 5. The highest BCUT2D eigenvalue weighted by Crippen LogP contribution is 2.37. The van der Waals surface area contributed by atoms with Gasteiger partial charge in [-0.3, -0.25) is 4.90 Å². The first-order valence-corrected chi connectivity index (χ1v) is 11.4. The van der Waals surface area contributed by atoms with Gasteiger partial charge in [0.25, 0.3) is 5.92 Å². The lowest BCUT2D eigenvalue weighted by atomic mass is 9.93. The summed E-state index contributed by atoms with van der Waals surface area (Å²) < 4.78 is 53.6. The van der Waals surface area contributed by atoms with E-state index >= 15 is 0 Å². The van der Waals surface area contributed by atoms with Crippen LogP contribution >= 0.6 is 0 Å². The zero-order valence-electron chi connectivity index (χ0n) is 19.6. The number of nitrogens with zero attached hydrogens (tertiary/aromatic N) is 2. The number of carbonyl (C=O) groups is 1. The van der Waals surface area contributed by atoms with Gasteiger partial charge in [-0.1, -0.05) is 26.0 Å². The molecule has 0 N–H and O–H groups in total. The fourth-order valence-corrected chi connectivity index (χ4v) is 4.00. The second kappa shape index (κ2) is 10.5. The summed E-state index contributed by atoms with van der Waals surface area (Å²) >= 11 is 0. The van der Waals surface area contributed by atoms with Gasteiger partial charge in [-0.25, -0.2) is 22.9 Å². The first kappa shape index (κ1) is 25.0. The Kier molecular flexibility index (Phi) is 8.00. The van der Waals surface area contributed by atoms with Crippen LogP contribution in [0.3, 0.4) is 0 Å². The van der Waals surface area contributed by atoms with Crippen LogP contribution in [-0.2, 0) is 17.6 Å². The Bertz CT molecular complexity index is 997. The van der Waals surface area contributed by atoms with Crippen LogP contribution in [-0.4, -0.2) is 54.6 Å². The molecule has 1 aromatic carbocycles. The highest BCUT2D eigenvalue weighted by atomic mass is 19.3. The molecule has 33 heavy (non-hydrogen) atoms. The fourth-order valence-electron chi connectivity index (χ4n) is 4.00. The van der Waals surface area contributed by atoms with E-state index < -0.39 is 11.9 Å². The minimum atomic E-state index is -2.77. The van der Waals surface area contributed by atoms with E-state index in [-0.39, 0.29) is 49.6 Å². The van der Waals surface area contributed by atoms with Crippen LogP contribution in [0.5, 0.6) is 5.88 Å². The molecule has 0 bridgehead atoms. The van der Waals surface area contributed by atoms with E-state index in [9.17, 15) is 18.0 Å². The summed E-state index contributed by atoms with van der Waals surface area (Å²) in [5.41, 5.74) is 2.48. The SMILES string of the molecule is CCOC(=O)c1cc(-c2ccc(CC)cc2F)c2c(n1)O[C@H](CN(C)CC(F)(F)CC)CC2. The van der Waals surface area contributed by atoms with Gasteiger partial charge in [-0.15, -0.1) is 0 Å². The van der Waals surface area contributed by atoms with Gasteiger partial charge in [0.2, 0.25) is 5.88 Å². The van der Waals surface area contributed by atoms with E-state index in [0.29, 0.717) is 36.0 Å². The number of rotatable bonds is 9. The number of likely N-dealkylation sites (N-methyl/N-ethyl adjacent to an activating group) is 1. The van der Waals surface area contributed by atoms with E-state index in [1.54, 1.807) is 31.0 Å². The van der Waals surface area contributed by atoms with E-state index in [4.69, 9.17) is 9.47 Å². The third-order valence-corrected chi connectivity index (χ3v) is 5.83. The summed E-state index contributed by atoms with van der Waals surface area (Å²) in [6.45, 7) is 5.18. The maximum absolute atomic E-state index is 15.0. The van der Waals surface area contributed by atoms with Crippen molar-refractivity contribution >= 4 is 5.97 Å². The first-order valence-electron chi connectivity index (χ1n) is 11.4. The maximum Gasteiger partial charge on any atom is 0.357 e. The van der Waals surface area contributed by atoms with Gasteiger partial charge in [0.05, 0.1) is 13.2 Å². The molecule has 5 nitrogen and oxygen atoms in total. The number of aromatic nitrogens is 1. The number of esters is 1. The van der Waals surface area contributed by atoms with Crippen molar-refractivity contribution in [1.82, 2.24) is 9.88 Å². The second-order valence-electron chi connectivity index (χ2n) is 8.41. The molecular weight excluding hydrogens is 433 g/mol. The highest BCUT2D eigenvalue weighted by molar-refractivity contribution is 5.90. The predicted octanol–water partition coefficient (Wildman–Crippen LogP) is 5.30. The first-order chi connectivity index (χ1) is 15.7. The monoisotopic (exact) mass is 464 g/mol. The van der Waals surface area contributed by atoms with Gasteiger partial charge >= 0.3 is 5.97 Å². The Labute approximate surface area is 192 Å². The molecule has 0 aliphatic carbocycles. The fraction of sp³-hybridized carbons (Fsp3) is 0.520. The zero-order valence-corrected chi connectivity index (χ0v) is 19.6. The topological polar surface area (TPSA) is 51.7 Å². The second-order valence-corrected chi connectivity index (χ2v) is 8.41. The summed E-state index contributed by atoms with van der Waals surface area (Å²) in [6.07, 6.45) is 1.19. The molecule has 1 aromatic heterocycles. The van der Waals surface area contributed by atoms with Crippen LogP contribution in [0.2, 0.25) is 0 Å². The highest BCUT2D eigenvalue weighted by Gasteiger charge is 2.31. The Morgan fingerprint density at radius 3 is 2.64 bits per heavy atom. The molecule has 0 unspecified atom stereocenters. The van der Waals surface area contributed by atoms with Crippen molar-refractivity contribution in [2.45, 2.75) is 58.5 Å². The molecule has 0 radical (unpaired) electrons. The molecule has 1 atom stereocenters. The lowest BCUT2D eigenvalue weighted by Crippen LogP contribution is -2.41. The largest absolute Gasteiger partial charge is 0.473 e. The molecule has 180 valence electrons. The number of hydrogen-bond donors (Lipinski definition) is 0. The standard InChI is InChI=1S/C25H31F3N2O3/c1-5-16-8-10-18(21(26)12-16)20-13-22(24(31)32-7-3)29-23-19(20)11-9-17(33-23)14-30(4)15-25(27,28)6-2/h8,10,12-13,17H,5-7,9,11,14-15H2,1-4H3/t17-/m0/s1. The molecule has 0 saturated heterocycles. The number of pyridine rings is 1. The van der Waals surface area contributed by atoms with Crippen LogP contribution in [0.1, 0.15) is 55.2 Å². The van der Waals surface area contributed by atoms with Gasteiger partial charge in [-0.05, 0) is 56.5 Å². The summed E-state index contributed by atoms with van der Waals surface area (Å²) in [5, 5.41) is 0. The lowest BCUT2D eigenvalue weighted by molar-refractivity contribution is -0.0363. The summed E-state index contributed by atoms with van der Waals surface area (Å²) in [5.74, 6) is -3.56. The molecule has 0 amide bonds. The third-order valence-electron chi connectivity index (χ3n) is 5.83. The van der Waals surface area contributed by atoms with Crippen molar-refractivity contribution in [3.8, 4) is 17.0 Å². The molecule has 3 rings (SSSR count). The van der Waals surface area contributed by atoms with Crippen molar-refractivity contribution in [2.75, 3.05) is 26.7 Å². The Morgan fingerprint density at radius 2 is 2.00 bits per heavy atom. The van der Waals surface area contributed by atoms with Gasteiger partial charge < -0.3 is 9.47 Å². The van der Waals surface area contributed by atoms with Crippen molar-refractivity contribution in [1.29, 1.82) is 0 Å². The summed E-state index contributed by atoms with van der Waals surface area (Å²) in [4.78, 5) is 18.3. The molecule has 2 aromatic rings. The van der Waals surface area contributed by atoms with Gasteiger partial charge in [0.1, 0.15) is 11.9 Å². The molecule has 1 aliphatic rings. The van der Waals surface area contributed by atoms with Crippen LogP contribution < -0.4 is 4.74 Å². The van der Waals surface area contributed by atoms with E-state index in [1.165, 1.54) is 13.0 Å².